The average Bonchev–Trinajstić information content (AvgIpc) is 3.36. The number of methoxy groups -OCH3 is 1. The fraction of sp³-hybridized carbons (Fsp3) is 0.379. The molecular weight excluding hydrogens is 434 g/mol. The molecule has 0 spiro atoms. The Kier molecular flexibility index (Phi) is 5.79. The van der Waals surface area contributed by atoms with Crippen LogP contribution >= 0.6 is 0 Å². The van der Waals surface area contributed by atoms with Crippen molar-refractivity contribution < 1.29 is 4.74 Å². The van der Waals surface area contributed by atoms with Gasteiger partial charge in [0.05, 0.1) is 24.9 Å². The van der Waals surface area contributed by atoms with Crippen LogP contribution < -0.4 is 9.64 Å². The smallest absolute Gasteiger partial charge is 0.187 e. The van der Waals surface area contributed by atoms with E-state index in [1.165, 1.54) is 47.7 Å². The number of fused-ring (bicyclic) bond motifs is 2. The third-order valence-electron chi connectivity index (χ3n) is 8.05. The van der Waals surface area contributed by atoms with Gasteiger partial charge in [-0.2, -0.15) is 0 Å². The molecule has 6 nitrogen and oxygen atoms in total. The van der Waals surface area contributed by atoms with Gasteiger partial charge in [-0.3, -0.25) is 9.88 Å². The van der Waals surface area contributed by atoms with Gasteiger partial charge in [0.2, 0.25) is 0 Å². The Morgan fingerprint density at radius 3 is 2.60 bits per heavy atom. The number of hydrogen-bond donors (Lipinski definition) is 1. The van der Waals surface area contributed by atoms with Gasteiger partial charge in [-0.1, -0.05) is 6.07 Å². The molecule has 1 saturated heterocycles. The van der Waals surface area contributed by atoms with E-state index in [2.05, 4.69) is 42.9 Å². The summed E-state index contributed by atoms with van der Waals surface area (Å²) >= 11 is 0. The van der Waals surface area contributed by atoms with Crippen LogP contribution in [0.1, 0.15) is 37.2 Å². The molecule has 1 saturated carbocycles. The SMILES string of the molecule is [C-]#[N+]c1ccc2[nH]cc(C3CCC(N4CCN(c5c(OC)ccc6ncccc56)CC4)CC3)c2c1. The zero-order valence-corrected chi connectivity index (χ0v) is 20.2. The zero-order valence-electron chi connectivity index (χ0n) is 20.2. The molecule has 0 unspecified atom stereocenters. The third-order valence-corrected chi connectivity index (χ3v) is 8.05. The average molecular weight is 466 g/mol. The fourth-order valence-corrected chi connectivity index (χ4v) is 6.21. The highest BCUT2D eigenvalue weighted by Crippen LogP contribution is 2.40. The van der Waals surface area contributed by atoms with Crippen molar-refractivity contribution in [3.8, 4) is 5.75 Å². The lowest BCUT2D eigenvalue weighted by atomic mass is 9.81. The number of pyridine rings is 1. The van der Waals surface area contributed by atoms with Crippen LogP contribution in [0.5, 0.6) is 5.75 Å². The Bertz CT molecular complexity index is 1390. The lowest BCUT2D eigenvalue weighted by Crippen LogP contribution is -2.51. The van der Waals surface area contributed by atoms with Crippen LogP contribution in [0, 0.1) is 6.57 Å². The van der Waals surface area contributed by atoms with Crippen molar-refractivity contribution >= 4 is 33.2 Å². The maximum atomic E-state index is 7.35. The molecule has 1 aliphatic heterocycles. The van der Waals surface area contributed by atoms with Crippen molar-refractivity contribution in [3.63, 3.8) is 0 Å². The Morgan fingerprint density at radius 2 is 1.83 bits per heavy atom. The normalized spacial score (nSPS) is 21.3. The van der Waals surface area contributed by atoms with Gasteiger partial charge in [0.15, 0.2) is 5.69 Å². The summed E-state index contributed by atoms with van der Waals surface area (Å²) in [6.07, 6.45) is 8.93. The zero-order chi connectivity index (χ0) is 23.8. The maximum absolute atomic E-state index is 7.35. The molecule has 2 aromatic heterocycles. The number of nitrogens with zero attached hydrogens (tertiary/aromatic N) is 4. The highest BCUT2D eigenvalue weighted by Gasteiger charge is 2.30. The van der Waals surface area contributed by atoms with E-state index in [9.17, 15) is 0 Å². The quantitative estimate of drug-likeness (QED) is 0.369. The van der Waals surface area contributed by atoms with Crippen molar-refractivity contribution in [3.05, 3.63) is 71.8 Å². The minimum Gasteiger partial charge on any atom is -0.495 e. The van der Waals surface area contributed by atoms with Crippen molar-refractivity contribution in [1.29, 1.82) is 0 Å². The van der Waals surface area contributed by atoms with Crippen molar-refractivity contribution in [2.75, 3.05) is 38.2 Å². The van der Waals surface area contributed by atoms with Gasteiger partial charge in [0.25, 0.3) is 0 Å². The standard InChI is InChI=1S/C29H31N5O/c1-30-21-7-10-27-24(18-21)25(19-32-27)20-5-8-22(9-6-20)33-14-16-34(17-15-33)29-23-4-3-13-31-26(23)11-12-28(29)35-2/h3-4,7,10-13,18-20,22,32H,5-6,8-9,14-17H2,2H3. The number of H-pyrrole nitrogens is 1. The summed E-state index contributed by atoms with van der Waals surface area (Å²) in [7, 11) is 1.76. The van der Waals surface area contributed by atoms with Gasteiger partial charge in [0, 0.05) is 55.5 Å². The molecule has 6 rings (SSSR count). The van der Waals surface area contributed by atoms with E-state index in [0.717, 1.165) is 48.6 Å². The molecule has 4 aromatic rings. The molecule has 1 aliphatic carbocycles. The highest BCUT2D eigenvalue weighted by atomic mass is 16.5. The summed E-state index contributed by atoms with van der Waals surface area (Å²) in [6, 6.07) is 14.9. The van der Waals surface area contributed by atoms with E-state index in [4.69, 9.17) is 11.3 Å². The summed E-state index contributed by atoms with van der Waals surface area (Å²) in [6.45, 7) is 11.5. The second-order valence-electron chi connectivity index (χ2n) is 9.80. The third kappa shape index (κ3) is 4.00. The lowest BCUT2D eigenvalue weighted by molar-refractivity contribution is 0.141. The van der Waals surface area contributed by atoms with Crippen LogP contribution in [0.25, 0.3) is 26.7 Å². The highest BCUT2D eigenvalue weighted by molar-refractivity contribution is 5.95. The van der Waals surface area contributed by atoms with E-state index in [1.54, 1.807) is 7.11 Å². The molecule has 178 valence electrons. The van der Waals surface area contributed by atoms with Crippen LogP contribution in [0.15, 0.2) is 54.9 Å². The summed E-state index contributed by atoms with van der Waals surface area (Å²) < 4.78 is 5.74. The number of hydrogen-bond acceptors (Lipinski definition) is 4. The van der Waals surface area contributed by atoms with Gasteiger partial charge in [-0.15, -0.1) is 0 Å². The summed E-state index contributed by atoms with van der Waals surface area (Å²) in [4.78, 5) is 16.8. The van der Waals surface area contributed by atoms with E-state index in [0.29, 0.717) is 12.0 Å². The predicted octanol–water partition coefficient (Wildman–Crippen LogP) is 6.12. The van der Waals surface area contributed by atoms with Crippen molar-refractivity contribution in [2.45, 2.75) is 37.6 Å². The molecule has 35 heavy (non-hydrogen) atoms. The van der Waals surface area contributed by atoms with E-state index in [-0.39, 0.29) is 0 Å². The molecule has 0 radical (unpaired) electrons. The Labute approximate surface area is 206 Å². The minimum atomic E-state index is 0.578. The molecular formula is C29H31N5O. The number of nitrogens with one attached hydrogen (secondary N) is 1. The molecule has 2 aliphatic rings. The number of aromatic amines is 1. The topological polar surface area (TPSA) is 48.8 Å². The summed E-state index contributed by atoms with van der Waals surface area (Å²) in [5.74, 6) is 1.51. The number of piperazine rings is 1. The number of ether oxygens (including phenoxy) is 1. The maximum Gasteiger partial charge on any atom is 0.187 e. The van der Waals surface area contributed by atoms with Crippen molar-refractivity contribution in [1.82, 2.24) is 14.9 Å². The number of rotatable bonds is 4. The molecule has 1 N–H and O–H groups in total. The molecule has 2 aromatic carbocycles. The number of aromatic nitrogens is 2. The van der Waals surface area contributed by atoms with E-state index in [1.807, 2.05) is 36.5 Å². The fourth-order valence-electron chi connectivity index (χ4n) is 6.21. The Balaban J connectivity index is 1.12. The second kappa shape index (κ2) is 9.24. The largest absolute Gasteiger partial charge is 0.495 e. The lowest BCUT2D eigenvalue weighted by Gasteiger charge is -2.43. The Hall–Kier alpha value is -3.56. The summed E-state index contributed by atoms with van der Waals surface area (Å²) in [5, 5.41) is 2.40. The Morgan fingerprint density at radius 1 is 1.00 bits per heavy atom. The second-order valence-corrected chi connectivity index (χ2v) is 9.80. The van der Waals surface area contributed by atoms with Gasteiger partial charge < -0.3 is 14.6 Å². The molecule has 2 fully saturated rings. The van der Waals surface area contributed by atoms with Crippen LogP contribution in [0.3, 0.4) is 0 Å². The first-order valence-corrected chi connectivity index (χ1v) is 12.6. The monoisotopic (exact) mass is 465 g/mol. The first-order valence-electron chi connectivity index (χ1n) is 12.6. The van der Waals surface area contributed by atoms with E-state index >= 15 is 0 Å². The van der Waals surface area contributed by atoms with Gasteiger partial charge in [-0.25, -0.2) is 4.85 Å². The molecule has 0 atom stereocenters. The first-order chi connectivity index (χ1) is 17.2. The van der Waals surface area contributed by atoms with Crippen molar-refractivity contribution in [2.24, 2.45) is 0 Å². The van der Waals surface area contributed by atoms with Crippen LogP contribution in [-0.2, 0) is 0 Å². The molecule has 0 amide bonds. The summed E-state index contributed by atoms with van der Waals surface area (Å²) in [5.41, 5.74) is 5.46. The first kappa shape index (κ1) is 21.9. The van der Waals surface area contributed by atoms with Gasteiger partial charge in [-0.05, 0) is 78.9 Å². The predicted molar refractivity (Wildman–Crippen MR) is 142 cm³/mol. The van der Waals surface area contributed by atoms with Crippen LogP contribution in [0.4, 0.5) is 11.4 Å². The molecule has 3 heterocycles. The molecule has 0 bridgehead atoms. The van der Waals surface area contributed by atoms with Crippen LogP contribution in [0.2, 0.25) is 0 Å². The molecule has 6 heteroatoms. The number of anilines is 1. The van der Waals surface area contributed by atoms with Gasteiger partial charge >= 0.3 is 0 Å². The minimum absolute atomic E-state index is 0.578. The van der Waals surface area contributed by atoms with E-state index < -0.39 is 0 Å². The van der Waals surface area contributed by atoms with Crippen LogP contribution in [-0.4, -0.2) is 54.2 Å². The van der Waals surface area contributed by atoms with Gasteiger partial charge in [0.1, 0.15) is 5.75 Å². The number of benzene rings is 2.